The van der Waals surface area contributed by atoms with Crippen LogP contribution in [0.4, 0.5) is 4.79 Å². The topological polar surface area (TPSA) is 79.0 Å². The van der Waals surface area contributed by atoms with Gasteiger partial charge in [-0.15, -0.1) is 0 Å². The number of likely N-dealkylation sites (tertiary alicyclic amines) is 1. The number of para-hydroxylation sites is 1. The number of carbonyl (C=O) groups excluding carboxylic acids is 3. The predicted molar refractivity (Wildman–Crippen MR) is 94.4 cm³/mol. The molecule has 2 saturated heterocycles. The zero-order chi connectivity index (χ0) is 18.1. The van der Waals surface area contributed by atoms with Crippen molar-refractivity contribution in [3.63, 3.8) is 0 Å². The molecule has 0 unspecified atom stereocenters. The molecule has 0 saturated carbocycles. The number of urea groups is 1. The van der Waals surface area contributed by atoms with Gasteiger partial charge in [-0.2, -0.15) is 0 Å². The van der Waals surface area contributed by atoms with Crippen molar-refractivity contribution >= 4 is 23.9 Å². The van der Waals surface area contributed by atoms with Gasteiger partial charge in [0.25, 0.3) is 5.91 Å². The molecule has 0 bridgehead atoms. The molecule has 1 aromatic carbocycles. The van der Waals surface area contributed by atoms with Gasteiger partial charge in [0.15, 0.2) is 0 Å². The van der Waals surface area contributed by atoms with Gasteiger partial charge in [0.05, 0.1) is 6.54 Å². The van der Waals surface area contributed by atoms with E-state index in [1.54, 1.807) is 4.90 Å². The summed E-state index contributed by atoms with van der Waals surface area (Å²) in [5.41, 5.74) is 0.665. The molecule has 4 amide bonds. The second-order valence-corrected chi connectivity index (χ2v) is 6.91. The van der Waals surface area contributed by atoms with E-state index in [1.165, 1.54) is 0 Å². The molecule has 26 heavy (non-hydrogen) atoms. The maximum atomic E-state index is 12.6. The van der Waals surface area contributed by atoms with E-state index >= 15 is 0 Å². The fraction of sp³-hybridized carbons (Fsp3) is 0.421. The van der Waals surface area contributed by atoms with Crippen LogP contribution in [0.3, 0.4) is 0 Å². The maximum absolute atomic E-state index is 12.6. The first-order valence-electron chi connectivity index (χ1n) is 8.90. The van der Waals surface area contributed by atoms with E-state index in [4.69, 9.17) is 4.74 Å². The standard InChI is InChI=1S/C19H21N3O4/c23-16-12-20-18(25)22(16)13-17(24)21-10-3-7-19(9-11-21)8-6-14-4-1-2-5-15(14)26-19/h1-2,4-6,8H,3,7,9-13H2,(H,20,25)/t19-/m1/s1. The summed E-state index contributed by atoms with van der Waals surface area (Å²) in [6.07, 6.45) is 6.50. The molecule has 1 aromatic rings. The number of nitrogens with one attached hydrogen (secondary N) is 1. The van der Waals surface area contributed by atoms with Gasteiger partial charge >= 0.3 is 6.03 Å². The van der Waals surface area contributed by atoms with Crippen LogP contribution in [0.15, 0.2) is 30.3 Å². The molecular weight excluding hydrogens is 334 g/mol. The zero-order valence-electron chi connectivity index (χ0n) is 14.4. The van der Waals surface area contributed by atoms with Crippen molar-refractivity contribution < 1.29 is 19.1 Å². The minimum absolute atomic E-state index is 0.0345. The Morgan fingerprint density at radius 1 is 1.19 bits per heavy atom. The fourth-order valence-corrected chi connectivity index (χ4v) is 3.70. The number of benzene rings is 1. The van der Waals surface area contributed by atoms with Crippen LogP contribution in [-0.4, -0.2) is 59.4 Å². The van der Waals surface area contributed by atoms with Gasteiger partial charge in [-0.1, -0.05) is 24.3 Å². The SMILES string of the molecule is O=C(CN1C(=O)CNC1=O)N1CCC[C@@]2(C=Cc3ccccc3O2)CC1. The van der Waals surface area contributed by atoms with Crippen molar-refractivity contribution in [2.24, 2.45) is 0 Å². The third-order valence-electron chi connectivity index (χ3n) is 5.21. The lowest BCUT2D eigenvalue weighted by Gasteiger charge is -2.34. The molecule has 1 spiro atoms. The number of imide groups is 1. The largest absolute Gasteiger partial charge is 0.483 e. The Labute approximate surface area is 151 Å². The lowest BCUT2D eigenvalue weighted by atomic mass is 9.91. The Morgan fingerprint density at radius 3 is 2.85 bits per heavy atom. The quantitative estimate of drug-likeness (QED) is 0.814. The lowest BCUT2D eigenvalue weighted by Crippen LogP contribution is -2.44. The number of hydrogen-bond donors (Lipinski definition) is 1. The first kappa shape index (κ1) is 16.6. The first-order valence-corrected chi connectivity index (χ1v) is 8.90. The molecule has 7 nitrogen and oxygen atoms in total. The lowest BCUT2D eigenvalue weighted by molar-refractivity contribution is -0.136. The molecule has 0 radical (unpaired) electrons. The van der Waals surface area contributed by atoms with Crippen molar-refractivity contribution in [2.45, 2.75) is 24.9 Å². The van der Waals surface area contributed by atoms with Gasteiger partial charge in [0.1, 0.15) is 17.9 Å². The van der Waals surface area contributed by atoms with Crippen LogP contribution in [0, 0.1) is 0 Å². The Bertz CT molecular complexity index is 775. The monoisotopic (exact) mass is 355 g/mol. The van der Waals surface area contributed by atoms with Crippen LogP contribution >= 0.6 is 0 Å². The van der Waals surface area contributed by atoms with Gasteiger partial charge in [0.2, 0.25) is 5.91 Å². The normalized spacial score (nSPS) is 24.9. The van der Waals surface area contributed by atoms with E-state index in [-0.39, 0.29) is 24.9 Å². The summed E-state index contributed by atoms with van der Waals surface area (Å²) in [4.78, 5) is 38.6. The van der Waals surface area contributed by atoms with Crippen LogP contribution in [0.5, 0.6) is 5.75 Å². The van der Waals surface area contributed by atoms with Crippen LogP contribution in [0.1, 0.15) is 24.8 Å². The highest BCUT2D eigenvalue weighted by Crippen LogP contribution is 2.36. The summed E-state index contributed by atoms with van der Waals surface area (Å²) in [5, 5.41) is 2.43. The van der Waals surface area contributed by atoms with Crippen LogP contribution < -0.4 is 10.1 Å². The molecule has 1 N–H and O–H groups in total. The van der Waals surface area contributed by atoms with E-state index in [9.17, 15) is 14.4 Å². The molecule has 0 aromatic heterocycles. The van der Waals surface area contributed by atoms with Crippen LogP contribution in [0.2, 0.25) is 0 Å². The summed E-state index contributed by atoms with van der Waals surface area (Å²) in [5.74, 6) is 0.312. The van der Waals surface area contributed by atoms with E-state index < -0.39 is 11.6 Å². The highest BCUT2D eigenvalue weighted by atomic mass is 16.5. The van der Waals surface area contributed by atoms with Crippen molar-refractivity contribution in [3.05, 3.63) is 35.9 Å². The van der Waals surface area contributed by atoms with E-state index in [0.717, 1.165) is 29.1 Å². The zero-order valence-corrected chi connectivity index (χ0v) is 14.4. The molecule has 0 aliphatic carbocycles. The Kier molecular flexibility index (Phi) is 4.14. The van der Waals surface area contributed by atoms with E-state index in [0.29, 0.717) is 19.5 Å². The van der Waals surface area contributed by atoms with Gasteiger partial charge in [-0.3, -0.25) is 14.5 Å². The molecule has 3 aliphatic heterocycles. The second-order valence-electron chi connectivity index (χ2n) is 6.91. The summed E-state index contributed by atoms with van der Waals surface area (Å²) in [6, 6.07) is 7.42. The molecule has 4 rings (SSSR count). The molecule has 3 heterocycles. The third kappa shape index (κ3) is 3.05. The Balaban J connectivity index is 1.42. The molecular formula is C19H21N3O4. The van der Waals surface area contributed by atoms with E-state index in [1.807, 2.05) is 24.3 Å². The average molecular weight is 355 g/mol. The van der Waals surface area contributed by atoms with Crippen molar-refractivity contribution in [2.75, 3.05) is 26.2 Å². The number of fused-ring (bicyclic) bond motifs is 1. The summed E-state index contributed by atoms with van der Waals surface area (Å²) in [7, 11) is 0. The highest BCUT2D eigenvalue weighted by Gasteiger charge is 2.37. The second kappa shape index (κ2) is 6.48. The number of carbonyl (C=O) groups is 3. The van der Waals surface area contributed by atoms with Gasteiger partial charge in [-0.05, 0) is 25.0 Å². The number of hydrogen-bond acceptors (Lipinski definition) is 4. The first-order chi connectivity index (χ1) is 12.6. The van der Waals surface area contributed by atoms with Gasteiger partial charge in [0, 0.05) is 25.1 Å². The molecule has 136 valence electrons. The van der Waals surface area contributed by atoms with Crippen molar-refractivity contribution in [1.82, 2.24) is 15.1 Å². The molecule has 3 aliphatic rings. The summed E-state index contributed by atoms with van der Waals surface area (Å²) < 4.78 is 6.28. The summed E-state index contributed by atoms with van der Waals surface area (Å²) >= 11 is 0. The predicted octanol–water partition coefficient (Wildman–Crippen LogP) is 1.40. The molecule has 2 fully saturated rings. The smallest absolute Gasteiger partial charge is 0.325 e. The minimum Gasteiger partial charge on any atom is -0.483 e. The van der Waals surface area contributed by atoms with Crippen molar-refractivity contribution in [3.8, 4) is 5.75 Å². The number of amides is 4. The maximum Gasteiger partial charge on any atom is 0.325 e. The number of ether oxygens (including phenoxy) is 1. The fourth-order valence-electron chi connectivity index (χ4n) is 3.70. The minimum atomic E-state index is -0.496. The molecule has 7 heteroatoms. The van der Waals surface area contributed by atoms with Crippen LogP contribution in [0.25, 0.3) is 6.08 Å². The summed E-state index contributed by atoms with van der Waals surface area (Å²) in [6.45, 7) is 0.905. The Morgan fingerprint density at radius 2 is 2.04 bits per heavy atom. The van der Waals surface area contributed by atoms with E-state index in [2.05, 4.69) is 17.5 Å². The third-order valence-corrected chi connectivity index (χ3v) is 5.21. The van der Waals surface area contributed by atoms with Gasteiger partial charge < -0.3 is 15.0 Å². The molecule has 1 atom stereocenters. The average Bonchev–Trinajstić information content (AvgIpc) is 2.84. The van der Waals surface area contributed by atoms with Gasteiger partial charge in [-0.25, -0.2) is 4.79 Å². The Hall–Kier alpha value is -2.83. The van der Waals surface area contributed by atoms with Crippen LogP contribution in [-0.2, 0) is 9.59 Å². The number of rotatable bonds is 2. The highest BCUT2D eigenvalue weighted by molar-refractivity contribution is 6.04. The number of nitrogens with zero attached hydrogens (tertiary/aromatic N) is 2. The van der Waals surface area contributed by atoms with Crippen molar-refractivity contribution in [1.29, 1.82) is 0 Å².